The first-order chi connectivity index (χ1) is 10.1. The Hall–Kier alpha value is -2.82. The third kappa shape index (κ3) is 2.72. The molecule has 1 heterocycles. The number of anilines is 1. The topological polar surface area (TPSA) is 70.9 Å². The first-order valence-electron chi connectivity index (χ1n) is 6.58. The van der Waals surface area contributed by atoms with Gasteiger partial charge in [-0.1, -0.05) is 24.3 Å². The molecule has 2 aromatic carbocycles. The number of rotatable bonds is 3. The van der Waals surface area contributed by atoms with Crippen molar-refractivity contribution in [2.24, 2.45) is 10.2 Å². The van der Waals surface area contributed by atoms with Gasteiger partial charge in [0.25, 0.3) is 5.91 Å². The molecule has 0 aromatic heterocycles. The van der Waals surface area contributed by atoms with E-state index in [0.29, 0.717) is 17.7 Å². The van der Waals surface area contributed by atoms with Crippen LogP contribution in [-0.4, -0.2) is 11.8 Å². The molecule has 0 aliphatic carbocycles. The number of benzene rings is 2. The van der Waals surface area contributed by atoms with Crippen molar-refractivity contribution >= 4 is 23.2 Å². The second-order valence-electron chi connectivity index (χ2n) is 4.87. The molecule has 1 aliphatic rings. The van der Waals surface area contributed by atoms with Crippen molar-refractivity contribution in [2.75, 3.05) is 5.32 Å². The summed E-state index contributed by atoms with van der Waals surface area (Å²) in [5, 5.41) is 10.2. The summed E-state index contributed by atoms with van der Waals surface area (Å²) in [7, 11) is 0. The summed E-state index contributed by atoms with van der Waals surface area (Å²) in [5.74, 6) is -0.404. The second kappa shape index (κ2) is 5.28. The van der Waals surface area contributed by atoms with Crippen LogP contribution in [0.25, 0.3) is 0 Å². The highest BCUT2D eigenvalue weighted by Crippen LogP contribution is 2.31. The average molecular weight is 279 g/mol. The Morgan fingerprint density at radius 2 is 1.95 bits per heavy atom. The van der Waals surface area contributed by atoms with Crippen LogP contribution in [0.15, 0.2) is 52.7 Å². The Morgan fingerprint density at radius 3 is 2.76 bits per heavy atom. The number of fused-ring (bicyclic) bond motifs is 1. The largest absolute Gasteiger partial charge is 0.326 e. The molecule has 3 rings (SSSR count). The van der Waals surface area contributed by atoms with E-state index in [1.165, 1.54) is 6.92 Å². The Kier molecular flexibility index (Phi) is 3.31. The molecule has 1 N–H and O–H groups in total. The number of nitrogens with zero attached hydrogens (tertiary/aromatic N) is 2. The molecule has 0 saturated heterocycles. The zero-order valence-corrected chi connectivity index (χ0v) is 11.5. The molecule has 0 fully saturated rings. The average Bonchev–Trinajstić information content (AvgIpc) is 2.81. The van der Waals surface area contributed by atoms with Crippen LogP contribution in [0.1, 0.15) is 28.4 Å². The number of azo groups is 1. The van der Waals surface area contributed by atoms with Gasteiger partial charge in [-0.15, -0.1) is 10.2 Å². The lowest BCUT2D eigenvalue weighted by molar-refractivity contribution is -0.114. The van der Waals surface area contributed by atoms with Crippen molar-refractivity contribution in [1.82, 2.24) is 0 Å². The molecular formula is C16H13N3O2. The van der Waals surface area contributed by atoms with Gasteiger partial charge in [-0.2, -0.15) is 0 Å². The zero-order valence-electron chi connectivity index (χ0n) is 11.5. The van der Waals surface area contributed by atoms with Crippen LogP contribution in [0.2, 0.25) is 0 Å². The van der Waals surface area contributed by atoms with E-state index < -0.39 is 0 Å². The van der Waals surface area contributed by atoms with Crippen molar-refractivity contribution in [1.29, 1.82) is 0 Å². The molecule has 0 unspecified atom stereocenters. The summed E-state index contributed by atoms with van der Waals surface area (Å²) in [6.45, 7) is 1.47. The number of carbonyl (C=O) groups excluding carboxylic acids is 2. The van der Waals surface area contributed by atoms with Crippen molar-refractivity contribution in [2.45, 2.75) is 13.3 Å². The van der Waals surface area contributed by atoms with E-state index in [-0.39, 0.29) is 11.8 Å². The van der Waals surface area contributed by atoms with Crippen LogP contribution < -0.4 is 5.32 Å². The highest BCUT2D eigenvalue weighted by Gasteiger charge is 2.21. The van der Waals surface area contributed by atoms with E-state index in [4.69, 9.17) is 0 Å². The van der Waals surface area contributed by atoms with Crippen LogP contribution in [0, 0.1) is 0 Å². The maximum Gasteiger partial charge on any atom is 0.297 e. The van der Waals surface area contributed by atoms with Gasteiger partial charge in [0.05, 0.1) is 11.3 Å². The van der Waals surface area contributed by atoms with Gasteiger partial charge in [0.15, 0.2) is 0 Å². The van der Waals surface area contributed by atoms with Gasteiger partial charge in [0, 0.05) is 12.6 Å². The maximum absolute atomic E-state index is 11.8. The lowest BCUT2D eigenvalue weighted by Crippen LogP contribution is -2.06. The molecule has 0 spiro atoms. The summed E-state index contributed by atoms with van der Waals surface area (Å²) < 4.78 is 0. The number of amides is 2. The minimum atomic E-state index is -0.293. The summed E-state index contributed by atoms with van der Waals surface area (Å²) >= 11 is 0. The lowest BCUT2D eigenvalue weighted by atomic mass is 9.98. The second-order valence-corrected chi connectivity index (χ2v) is 4.87. The molecule has 104 valence electrons. The predicted molar refractivity (Wildman–Crippen MR) is 78.8 cm³/mol. The van der Waals surface area contributed by atoms with E-state index in [2.05, 4.69) is 15.5 Å². The zero-order chi connectivity index (χ0) is 14.8. The van der Waals surface area contributed by atoms with Crippen LogP contribution in [-0.2, 0) is 11.2 Å². The molecule has 2 amide bonds. The smallest absolute Gasteiger partial charge is 0.297 e. The van der Waals surface area contributed by atoms with Gasteiger partial charge in [0.2, 0.25) is 5.91 Å². The van der Waals surface area contributed by atoms with Crippen LogP contribution in [0.5, 0.6) is 0 Å². The van der Waals surface area contributed by atoms with Crippen molar-refractivity contribution in [3.8, 4) is 0 Å². The summed E-state index contributed by atoms with van der Waals surface area (Å²) in [6.07, 6.45) is 0.591. The van der Waals surface area contributed by atoms with Gasteiger partial charge in [-0.3, -0.25) is 9.59 Å². The van der Waals surface area contributed by atoms with E-state index in [1.54, 1.807) is 6.07 Å². The predicted octanol–water partition coefficient (Wildman–Crippen LogP) is 3.47. The lowest BCUT2D eigenvalue weighted by Gasteiger charge is -2.08. The number of hydrogen-bond acceptors (Lipinski definition) is 3. The fourth-order valence-corrected chi connectivity index (χ4v) is 2.40. The normalized spacial score (nSPS) is 12.3. The van der Waals surface area contributed by atoms with Crippen molar-refractivity contribution in [3.05, 3.63) is 59.2 Å². The highest BCUT2D eigenvalue weighted by molar-refractivity contribution is 6.03. The van der Waals surface area contributed by atoms with Gasteiger partial charge < -0.3 is 5.32 Å². The molecule has 5 heteroatoms. The minimum absolute atomic E-state index is 0.111. The first kappa shape index (κ1) is 13.2. The minimum Gasteiger partial charge on any atom is -0.326 e. The highest BCUT2D eigenvalue weighted by atomic mass is 16.2. The molecule has 2 aromatic rings. The summed E-state index contributed by atoms with van der Waals surface area (Å²) in [5.41, 5.74) is 3.84. The van der Waals surface area contributed by atoms with E-state index >= 15 is 0 Å². The van der Waals surface area contributed by atoms with Crippen LogP contribution in [0.4, 0.5) is 11.4 Å². The standard InChI is InChI=1S/C16H13N3O2/c1-10(20)17-13-6-2-4-11(9-13)8-12-5-3-7-14-15(12)16(21)19-18-14/h2-7,9H,8H2,1H3,(H,17,20). The summed E-state index contributed by atoms with van der Waals surface area (Å²) in [4.78, 5) is 22.9. The van der Waals surface area contributed by atoms with Crippen molar-refractivity contribution < 1.29 is 9.59 Å². The Balaban J connectivity index is 1.90. The Morgan fingerprint density at radius 1 is 1.14 bits per heavy atom. The monoisotopic (exact) mass is 279 g/mol. The summed E-state index contributed by atoms with van der Waals surface area (Å²) in [6, 6.07) is 13.1. The van der Waals surface area contributed by atoms with Gasteiger partial charge >= 0.3 is 0 Å². The molecule has 0 saturated carbocycles. The fourth-order valence-electron chi connectivity index (χ4n) is 2.40. The molecule has 21 heavy (non-hydrogen) atoms. The van der Waals surface area contributed by atoms with Crippen LogP contribution >= 0.6 is 0 Å². The van der Waals surface area contributed by atoms with Gasteiger partial charge in [-0.05, 0) is 35.7 Å². The Labute approximate surface area is 121 Å². The number of nitrogens with one attached hydrogen (secondary N) is 1. The fraction of sp³-hybridized carbons (Fsp3) is 0.125. The quantitative estimate of drug-likeness (QED) is 0.934. The van der Waals surface area contributed by atoms with Gasteiger partial charge in [-0.25, -0.2) is 0 Å². The third-order valence-corrected chi connectivity index (χ3v) is 3.23. The molecule has 1 aliphatic heterocycles. The first-order valence-corrected chi connectivity index (χ1v) is 6.58. The number of carbonyl (C=O) groups is 2. The third-order valence-electron chi connectivity index (χ3n) is 3.23. The molecule has 0 atom stereocenters. The van der Waals surface area contributed by atoms with E-state index in [9.17, 15) is 9.59 Å². The number of hydrogen-bond donors (Lipinski definition) is 1. The van der Waals surface area contributed by atoms with E-state index in [0.717, 1.165) is 16.8 Å². The Bertz CT molecular complexity index is 766. The maximum atomic E-state index is 11.8. The van der Waals surface area contributed by atoms with Crippen LogP contribution in [0.3, 0.4) is 0 Å². The van der Waals surface area contributed by atoms with Gasteiger partial charge in [0.1, 0.15) is 0 Å². The molecule has 5 nitrogen and oxygen atoms in total. The SMILES string of the molecule is CC(=O)Nc1cccc(Cc2cccc3c2C(=O)N=N3)c1. The molecule has 0 radical (unpaired) electrons. The van der Waals surface area contributed by atoms with Crippen molar-refractivity contribution in [3.63, 3.8) is 0 Å². The molecule has 0 bridgehead atoms. The molecular weight excluding hydrogens is 266 g/mol. The van der Waals surface area contributed by atoms with E-state index in [1.807, 2.05) is 36.4 Å².